The molecule has 0 saturated carbocycles. The predicted octanol–water partition coefficient (Wildman–Crippen LogP) is 4.54. The monoisotopic (exact) mass is 278 g/mol. The molecule has 0 fully saturated rings. The van der Waals surface area contributed by atoms with E-state index in [0.29, 0.717) is 5.88 Å². The molecule has 0 aliphatic carbocycles. The SMILES string of the molecule is Fc1ccc2sc(Br)c(CCl)c2c1. The minimum Gasteiger partial charge on any atom is -0.207 e. The van der Waals surface area contributed by atoms with Crippen molar-refractivity contribution >= 4 is 49.0 Å². The molecule has 0 bridgehead atoms. The van der Waals surface area contributed by atoms with Gasteiger partial charge in [0, 0.05) is 16.0 Å². The van der Waals surface area contributed by atoms with Gasteiger partial charge in [-0.05, 0) is 39.7 Å². The molecule has 2 rings (SSSR count). The average molecular weight is 280 g/mol. The second kappa shape index (κ2) is 3.56. The van der Waals surface area contributed by atoms with E-state index in [1.807, 2.05) is 0 Å². The van der Waals surface area contributed by atoms with Gasteiger partial charge < -0.3 is 0 Å². The second-order valence-corrected chi connectivity index (χ2v) is 5.27. The lowest BCUT2D eigenvalue weighted by Gasteiger charge is -1.93. The molecule has 0 amide bonds. The summed E-state index contributed by atoms with van der Waals surface area (Å²) in [6.07, 6.45) is 0. The number of benzene rings is 1. The Balaban J connectivity index is 2.80. The first-order chi connectivity index (χ1) is 6.22. The fourth-order valence-electron chi connectivity index (χ4n) is 1.22. The van der Waals surface area contributed by atoms with Crippen LogP contribution in [0.4, 0.5) is 4.39 Å². The molecular formula is C9H5BrClFS. The van der Waals surface area contributed by atoms with Gasteiger partial charge in [-0.15, -0.1) is 22.9 Å². The van der Waals surface area contributed by atoms with Crippen molar-refractivity contribution in [3.05, 3.63) is 33.4 Å². The predicted molar refractivity (Wildman–Crippen MR) is 59.0 cm³/mol. The minimum atomic E-state index is -0.218. The van der Waals surface area contributed by atoms with Crippen LogP contribution >= 0.6 is 38.9 Å². The van der Waals surface area contributed by atoms with E-state index >= 15 is 0 Å². The largest absolute Gasteiger partial charge is 0.207 e. The zero-order valence-electron chi connectivity index (χ0n) is 6.48. The lowest BCUT2D eigenvalue weighted by molar-refractivity contribution is 0.630. The maximum absolute atomic E-state index is 12.9. The Bertz CT molecular complexity index is 452. The van der Waals surface area contributed by atoms with E-state index < -0.39 is 0 Å². The van der Waals surface area contributed by atoms with E-state index in [4.69, 9.17) is 11.6 Å². The first-order valence-electron chi connectivity index (χ1n) is 3.65. The van der Waals surface area contributed by atoms with Crippen LogP contribution in [0, 0.1) is 5.82 Å². The Labute approximate surface area is 92.5 Å². The van der Waals surface area contributed by atoms with Crippen molar-refractivity contribution in [2.45, 2.75) is 5.88 Å². The quantitative estimate of drug-likeness (QED) is 0.672. The summed E-state index contributed by atoms with van der Waals surface area (Å²) in [6, 6.07) is 4.76. The highest BCUT2D eigenvalue weighted by Crippen LogP contribution is 2.36. The molecule has 1 aromatic heterocycles. The Kier molecular flexibility index (Phi) is 2.58. The van der Waals surface area contributed by atoms with E-state index in [9.17, 15) is 4.39 Å². The fraction of sp³-hybridized carbons (Fsp3) is 0.111. The summed E-state index contributed by atoms with van der Waals surface area (Å²) >= 11 is 10.7. The minimum absolute atomic E-state index is 0.218. The van der Waals surface area contributed by atoms with Crippen molar-refractivity contribution in [1.82, 2.24) is 0 Å². The highest BCUT2D eigenvalue weighted by atomic mass is 79.9. The second-order valence-electron chi connectivity index (χ2n) is 2.63. The molecule has 13 heavy (non-hydrogen) atoms. The molecule has 0 nitrogen and oxygen atoms in total. The third-order valence-corrected chi connectivity index (χ3v) is 4.07. The van der Waals surface area contributed by atoms with Crippen molar-refractivity contribution in [3.63, 3.8) is 0 Å². The van der Waals surface area contributed by atoms with Gasteiger partial charge in [-0.25, -0.2) is 4.39 Å². The van der Waals surface area contributed by atoms with Gasteiger partial charge in [-0.1, -0.05) is 0 Å². The molecule has 4 heteroatoms. The maximum atomic E-state index is 12.9. The number of hydrogen-bond acceptors (Lipinski definition) is 1. The Morgan fingerprint density at radius 2 is 2.23 bits per heavy atom. The van der Waals surface area contributed by atoms with Crippen LogP contribution in [0.15, 0.2) is 22.0 Å². The molecule has 0 N–H and O–H groups in total. The molecule has 0 saturated heterocycles. The molecule has 68 valence electrons. The molecule has 0 unspecified atom stereocenters. The van der Waals surface area contributed by atoms with Crippen molar-refractivity contribution in [3.8, 4) is 0 Å². The van der Waals surface area contributed by atoms with Crippen molar-refractivity contribution in [1.29, 1.82) is 0 Å². The molecule has 0 spiro atoms. The summed E-state index contributed by atoms with van der Waals surface area (Å²) < 4.78 is 15.0. The van der Waals surface area contributed by atoms with Crippen molar-refractivity contribution < 1.29 is 4.39 Å². The summed E-state index contributed by atoms with van der Waals surface area (Å²) in [5, 5.41) is 0.909. The Morgan fingerprint density at radius 3 is 2.92 bits per heavy atom. The molecule has 0 atom stereocenters. The van der Waals surface area contributed by atoms with Gasteiger partial charge >= 0.3 is 0 Å². The first kappa shape index (κ1) is 9.44. The summed E-state index contributed by atoms with van der Waals surface area (Å²) in [6.45, 7) is 0. The zero-order chi connectivity index (χ0) is 9.42. The molecule has 0 aliphatic rings. The van der Waals surface area contributed by atoms with Gasteiger partial charge in [0.25, 0.3) is 0 Å². The van der Waals surface area contributed by atoms with Crippen LogP contribution in [0.2, 0.25) is 0 Å². The number of rotatable bonds is 1. The Morgan fingerprint density at radius 1 is 1.46 bits per heavy atom. The number of fused-ring (bicyclic) bond motifs is 1. The van der Waals surface area contributed by atoms with Crippen LogP contribution in [-0.4, -0.2) is 0 Å². The van der Waals surface area contributed by atoms with Crippen LogP contribution < -0.4 is 0 Å². The molecule has 2 aromatic rings. The molecular weight excluding hydrogens is 275 g/mol. The van der Waals surface area contributed by atoms with Crippen molar-refractivity contribution in [2.75, 3.05) is 0 Å². The number of thiophene rings is 1. The van der Waals surface area contributed by atoms with Crippen LogP contribution in [0.25, 0.3) is 10.1 Å². The van der Waals surface area contributed by atoms with Crippen LogP contribution in [0.3, 0.4) is 0 Å². The Hall–Kier alpha value is -0.120. The summed E-state index contributed by atoms with van der Waals surface area (Å²) in [5.41, 5.74) is 0.973. The molecule has 1 heterocycles. The molecule has 0 aliphatic heterocycles. The number of alkyl halides is 1. The number of halogens is 3. The van der Waals surface area contributed by atoms with Crippen LogP contribution in [-0.2, 0) is 5.88 Å². The van der Waals surface area contributed by atoms with Gasteiger partial charge in [0.15, 0.2) is 0 Å². The van der Waals surface area contributed by atoms with E-state index in [1.165, 1.54) is 12.1 Å². The van der Waals surface area contributed by atoms with E-state index in [-0.39, 0.29) is 5.82 Å². The van der Waals surface area contributed by atoms with Crippen LogP contribution in [0.5, 0.6) is 0 Å². The van der Waals surface area contributed by atoms with E-state index in [2.05, 4.69) is 15.9 Å². The average Bonchev–Trinajstić information content (AvgIpc) is 2.40. The third-order valence-electron chi connectivity index (χ3n) is 1.84. The van der Waals surface area contributed by atoms with Gasteiger partial charge in [0.1, 0.15) is 5.82 Å². The molecule has 0 radical (unpaired) electrons. The van der Waals surface area contributed by atoms with Gasteiger partial charge in [0.2, 0.25) is 0 Å². The third kappa shape index (κ3) is 1.60. The standard InChI is InChI=1S/C9H5BrClFS/c10-9-7(4-11)6-3-5(12)1-2-8(6)13-9/h1-3H,4H2. The zero-order valence-corrected chi connectivity index (χ0v) is 9.64. The smallest absolute Gasteiger partial charge is 0.123 e. The molecule has 1 aromatic carbocycles. The van der Waals surface area contributed by atoms with E-state index in [0.717, 1.165) is 19.4 Å². The first-order valence-corrected chi connectivity index (χ1v) is 5.79. The lowest BCUT2D eigenvalue weighted by Crippen LogP contribution is -1.76. The maximum Gasteiger partial charge on any atom is 0.123 e. The topological polar surface area (TPSA) is 0 Å². The number of hydrogen-bond donors (Lipinski definition) is 0. The normalized spacial score (nSPS) is 11.0. The fourth-order valence-corrected chi connectivity index (χ4v) is 3.54. The highest BCUT2D eigenvalue weighted by Gasteiger charge is 2.09. The van der Waals surface area contributed by atoms with Crippen molar-refractivity contribution in [2.24, 2.45) is 0 Å². The van der Waals surface area contributed by atoms with Crippen LogP contribution in [0.1, 0.15) is 5.56 Å². The lowest BCUT2D eigenvalue weighted by atomic mass is 10.2. The van der Waals surface area contributed by atoms with Gasteiger partial charge in [0.05, 0.1) is 3.79 Å². The van der Waals surface area contributed by atoms with E-state index in [1.54, 1.807) is 17.4 Å². The highest BCUT2D eigenvalue weighted by molar-refractivity contribution is 9.11. The van der Waals surface area contributed by atoms with Gasteiger partial charge in [-0.3, -0.25) is 0 Å². The summed E-state index contributed by atoms with van der Waals surface area (Å²) in [7, 11) is 0. The summed E-state index contributed by atoms with van der Waals surface area (Å²) in [4.78, 5) is 0. The summed E-state index contributed by atoms with van der Waals surface area (Å²) in [5.74, 6) is 0.188. The van der Waals surface area contributed by atoms with Gasteiger partial charge in [-0.2, -0.15) is 0 Å².